The van der Waals surface area contributed by atoms with Crippen LogP contribution in [0.15, 0.2) is 0 Å². The maximum Gasteiger partial charge on any atom is 0.222 e. The van der Waals surface area contributed by atoms with Gasteiger partial charge < -0.3 is 34.3 Å². The van der Waals surface area contributed by atoms with Crippen LogP contribution in [0.4, 0.5) is 4.39 Å². The Bertz CT molecular complexity index is 476. The molecule has 216 valence electrons. The van der Waals surface area contributed by atoms with E-state index in [1.807, 2.05) is 6.92 Å². The van der Waals surface area contributed by atoms with Gasteiger partial charge in [-0.3, -0.25) is 4.79 Å². The number of amides is 1. The van der Waals surface area contributed by atoms with Gasteiger partial charge in [0.05, 0.1) is 72.6 Å². The molecule has 2 N–H and O–H groups in total. The summed E-state index contributed by atoms with van der Waals surface area (Å²) < 4.78 is 41.0. The summed E-state index contributed by atoms with van der Waals surface area (Å²) in [5.74, 6) is -0.181. The molecule has 0 aromatic rings. The molecule has 1 amide bonds. The molecule has 0 aliphatic rings. The van der Waals surface area contributed by atoms with Crippen LogP contribution in [-0.4, -0.2) is 97.3 Å². The van der Waals surface area contributed by atoms with E-state index in [2.05, 4.69) is 31.4 Å². The number of halogens is 1. The Morgan fingerprint density at radius 1 is 0.750 bits per heavy atom. The van der Waals surface area contributed by atoms with Gasteiger partial charge in [-0.05, 0) is 19.3 Å². The number of hydrogen-bond acceptors (Lipinski definition) is 7. The monoisotopic (exact) mass is 522 g/mol. The molecule has 0 radical (unpaired) electrons. The molecule has 8 nitrogen and oxygen atoms in total. The van der Waals surface area contributed by atoms with Gasteiger partial charge in [-0.2, -0.15) is 0 Å². The molecule has 0 rings (SSSR count). The van der Waals surface area contributed by atoms with Gasteiger partial charge in [0, 0.05) is 18.5 Å². The Morgan fingerprint density at radius 3 is 1.78 bits per heavy atom. The Labute approximate surface area is 219 Å². The first kappa shape index (κ1) is 35.2. The zero-order valence-electron chi connectivity index (χ0n) is 23.5. The first-order chi connectivity index (χ1) is 17.5. The van der Waals surface area contributed by atoms with E-state index in [-0.39, 0.29) is 25.0 Å². The van der Waals surface area contributed by atoms with Crippen molar-refractivity contribution in [3.8, 4) is 0 Å². The van der Waals surface area contributed by atoms with Crippen LogP contribution in [0.3, 0.4) is 0 Å². The molecule has 0 aliphatic heterocycles. The second kappa shape index (κ2) is 27.2. The largest absolute Gasteiger partial charge is 0.378 e. The molecular formula is C27H55FN2O6. The summed E-state index contributed by atoms with van der Waals surface area (Å²) in [7, 11) is 0. The number of unbranched alkanes of at least 4 members (excludes halogenated alkanes) is 2. The van der Waals surface area contributed by atoms with E-state index in [1.54, 1.807) is 0 Å². The Hall–Kier alpha value is -0.840. The maximum absolute atomic E-state index is 13.8. The van der Waals surface area contributed by atoms with Crippen molar-refractivity contribution in [2.45, 2.75) is 84.9 Å². The molecule has 0 spiro atoms. The molecule has 0 heterocycles. The van der Waals surface area contributed by atoms with E-state index in [0.29, 0.717) is 65.5 Å². The fraction of sp³-hybridized carbons (Fsp3) is 0.963. The summed E-state index contributed by atoms with van der Waals surface area (Å²) in [4.78, 5) is 11.9. The summed E-state index contributed by atoms with van der Waals surface area (Å²) >= 11 is 0. The topological polar surface area (TPSA) is 87.3 Å². The van der Waals surface area contributed by atoms with Crippen molar-refractivity contribution >= 4 is 5.91 Å². The highest BCUT2D eigenvalue weighted by atomic mass is 19.1. The highest BCUT2D eigenvalue weighted by molar-refractivity contribution is 5.78. The molecule has 0 saturated heterocycles. The zero-order chi connectivity index (χ0) is 26.7. The third kappa shape index (κ3) is 23.6. The fourth-order valence-electron chi connectivity index (χ4n) is 3.41. The van der Waals surface area contributed by atoms with Crippen LogP contribution in [0.1, 0.15) is 72.6 Å². The lowest BCUT2D eigenvalue weighted by Gasteiger charge is -2.16. The van der Waals surface area contributed by atoms with Crippen LogP contribution in [0, 0.1) is 5.92 Å². The Morgan fingerprint density at radius 2 is 1.25 bits per heavy atom. The highest BCUT2D eigenvalue weighted by Gasteiger charge is 2.14. The minimum absolute atomic E-state index is 0.0199. The summed E-state index contributed by atoms with van der Waals surface area (Å²) in [6.07, 6.45) is 6.55. The molecule has 36 heavy (non-hydrogen) atoms. The van der Waals surface area contributed by atoms with Crippen molar-refractivity contribution in [1.29, 1.82) is 0 Å². The Balaban J connectivity index is 3.32. The zero-order valence-corrected chi connectivity index (χ0v) is 23.5. The first-order valence-electron chi connectivity index (χ1n) is 14.1. The fourth-order valence-corrected chi connectivity index (χ4v) is 3.41. The average Bonchev–Trinajstić information content (AvgIpc) is 2.89. The number of alkyl halides is 1. The van der Waals surface area contributed by atoms with Crippen LogP contribution in [0.5, 0.6) is 0 Å². The molecule has 3 atom stereocenters. The minimum Gasteiger partial charge on any atom is -0.378 e. The molecule has 0 bridgehead atoms. The molecule has 0 aromatic carbocycles. The predicted octanol–water partition coefficient (Wildman–Crippen LogP) is 3.91. The Kier molecular flexibility index (Phi) is 26.6. The maximum atomic E-state index is 13.8. The van der Waals surface area contributed by atoms with Crippen LogP contribution >= 0.6 is 0 Å². The van der Waals surface area contributed by atoms with Gasteiger partial charge in [-0.25, -0.2) is 4.39 Å². The number of hydrogen-bond donors (Lipinski definition) is 2. The van der Waals surface area contributed by atoms with Crippen molar-refractivity contribution in [2.24, 2.45) is 5.92 Å². The minimum atomic E-state index is -1.22. The van der Waals surface area contributed by atoms with Gasteiger partial charge in [0.1, 0.15) is 6.17 Å². The standard InChI is InChI=1S/C27H55FN2O6/c1-5-8-10-24(4)27(31)30-22-25(28)23-36-21-20-35-19-18-34-17-16-33-15-14-32-13-12-29-26(7-3)11-9-6-2/h24-26,29H,5-23H2,1-4H3,(H,30,31). The van der Waals surface area contributed by atoms with E-state index in [9.17, 15) is 9.18 Å². The highest BCUT2D eigenvalue weighted by Crippen LogP contribution is 2.07. The molecule has 3 unspecified atom stereocenters. The third-order valence-corrected chi connectivity index (χ3v) is 5.80. The first-order valence-corrected chi connectivity index (χ1v) is 14.1. The molecule has 0 aromatic heterocycles. The predicted molar refractivity (Wildman–Crippen MR) is 142 cm³/mol. The smallest absolute Gasteiger partial charge is 0.222 e. The van der Waals surface area contributed by atoms with Gasteiger partial charge in [0.15, 0.2) is 0 Å². The van der Waals surface area contributed by atoms with Crippen LogP contribution in [0.2, 0.25) is 0 Å². The quantitative estimate of drug-likeness (QED) is 0.151. The lowest BCUT2D eigenvalue weighted by Crippen LogP contribution is -2.35. The van der Waals surface area contributed by atoms with Gasteiger partial charge in [0.2, 0.25) is 5.91 Å². The van der Waals surface area contributed by atoms with E-state index in [4.69, 9.17) is 23.7 Å². The van der Waals surface area contributed by atoms with Crippen molar-refractivity contribution < 1.29 is 32.9 Å². The number of carbonyl (C=O) groups is 1. The summed E-state index contributed by atoms with van der Waals surface area (Å²) in [5.41, 5.74) is 0. The molecule has 0 saturated carbocycles. The number of rotatable bonds is 28. The SMILES string of the molecule is CCCCC(CC)NCCOCCOCCOCCOCCOCC(F)CNC(=O)C(C)CCCC. The van der Waals surface area contributed by atoms with Crippen molar-refractivity contribution in [3.05, 3.63) is 0 Å². The van der Waals surface area contributed by atoms with Crippen LogP contribution < -0.4 is 10.6 Å². The second-order valence-electron chi connectivity index (χ2n) is 9.11. The van der Waals surface area contributed by atoms with E-state index in [0.717, 1.165) is 32.2 Å². The summed E-state index contributed by atoms with van der Waals surface area (Å²) in [6.45, 7) is 13.6. The number of nitrogens with one attached hydrogen (secondary N) is 2. The third-order valence-electron chi connectivity index (χ3n) is 5.80. The van der Waals surface area contributed by atoms with E-state index >= 15 is 0 Å². The molecular weight excluding hydrogens is 467 g/mol. The van der Waals surface area contributed by atoms with Gasteiger partial charge in [-0.15, -0.1) is 0 Å². The van der Waals surface area contributed by atoms with Crippen molar-refractivity contribution in [2.75, 3.05) is 79.2 Å². The number of ether oxygens (including phenoxy) is 5. The van der Waals surface area contributed by atoms with Gasteiger partial charge in [0.25, 0.3) is 0 Å². The summed E-state index contributed by atoms with van der Waals surface area (Å²) in [5, 5.41) is 6.18. The lowest BCUT2D eigenvalue weighted by atomic mass is 10.0. The van der Waals surface area contributed by atoms with E-state index in [1.165, 1.54) is 19.3 Å². The normalized spacial score (nSPS) is 14.0. The van der Waals surface area contributed by atoms with E-state index < -0.39 is 6.17 Å². The average molecular weight is 523 g/mol. The van der Waals surface area contributed by atoms with Crippen LogP contribution in [0.25, 0.3) is 0 Å². The molecule has 9 heteroatoms. The molecule has 0 aliphatic carbocycles. The van der Waals surface area contributed by atoms with Crippen molar-refractivity contribution in [3.63, 3.8) is 0 Å². The molecule has 0 fully saturated rings. The van der Waals surface area contributed by atoms with Gasteiger partial charge in [-0.1, -0.05) is 53.4 Å². The van der Waals surface area contributed by atoms with Crippen molar-refractivity contribution in [1.82, 2.24) is 10.6 Å². The summed E-state index contributed by atoms with van der Waals surface area (Å²) in [6, 6.07) is 0.593. The van der Waals surface area contributed by atoms with Gasteiger partial charge >= 0.3 is 0 Å². The lowest BCUT2D eigenvalue weighted by molar-refractivity contribution is -0.125. The number of carbonyl (C=O) groups excluding carboxylic acids is 1. The second-order valence-corrected chi connectivity index (χ2v) is 9.11. The van der Waals surface area contributed by atoms with Crippen LogP contribution in [-0.2, 0) is 28.5 Å².